The van der Waals surface area contributed by atoms with Crippen molar-refractivity contribution in [2.45, 2.75) is 50.9 Å². The minimum atomic E-state index is 0. The second-order valence-electron chi connectivity index (χ2n) is 5.07. The van der Waals surface area contributed by atoms with Crippen LogP contribution in [0.15, 0.2) is 11.2 Å². The van der Waals surface area contributed by atoms with Gasteiger partial charge in [0.25, 0.3) is 0 Å². The fraction of sp³-hybridized carbons (Fsp3) is 0.714. The average molecular weight is 440 g/mol. The Morgan fingerprint density at radius 3 is 2.90 bits per heavy atom. The summed E-state index contributed by atoms with van der Waals surface area (Å²) in [5, 5.41) is 8.77. The normalized spacial score (nSPS) is 22.0. The summed E-state index contributed by atoms with van der Waals surface area (Å²) in [6, 6.07) is 0.559. The molecule has 1 aliphatic carbocycles. The predicted octanol–water partition coefficient (Wildman–Crippen LogP) is 3.41. The lowest BCUT2D eigenvalue weighted by atomic mass is 10.2. The fourth-order valence-corrected chi connectivity index (χ4v) is 3.93. The Labute approximate surface area is 153 Å². The Morgan fingerprint density at radius 2 is 2.33 bits per heavy atom. The first-order chi connectivity index (χ1) is 9.71. The molecule has 120 valence electrons. The van der Waals surface area contributed by atoms with E-state index in [1.165, 1.54) is 24.1 Å². The van der Waals surface area contributed by atoms with E-state index in [9.17, 15) is 0 Å². The molecule has 1 saturated carbocycles. The van der Waals surface area contributed by atoms with E-state index >= 15 is 0 Å². The van der Waals surface area contributed by atoms with Crippen LogP contribution in [0.1, 0.15) is 36.1 Å². The van der Waals surface area contributed by atoms with Gasteiger partial charge in [0.1, 0.15) is 5.01 Å². The van der Waals surface area contributed by atoms with Crippen molar-refractivity contribution in [1.82, 2.24) is 15.6 Å². The average Bonchev–Trinajstić information content (AvgIpc) is 3.05. The number of hydrogen-bond acceptors (Lipinski definition) is 4. The van der Waals surface area contributed by atoms with E-state index < -0.39 is 0 Å². The number of aromatic nitrogens is 1. The monoisotopic (exact) mass is 440 g/mol. The van der Waals surface area contributed by atoms with E-state index in [0.717, 1.165) is 22.8 Å². The molecular weight excluding hydrogens is 415 g/mol. The number of thioether (sulfide) groups is 1. The number of aliphatic imine (C=N–C) groups is 1. The van der Waals surface area contributed by atoms with Crippen molar-refractivity contribution in [1.29, 1.82) is 0 Å². The number of guanidine groups is 1. The summed E-state index contributed by atoms with van der Waals surface area (Å²) in [4.78, 5) is 10.2. The predicted molar refractivity (Wildman–Crippen MR) is 105 cm³/mol. The van der Waals surface area contributed by atoms with Crippen LogP contribution in [-0.4, -0.2) is 35.0 Å². The zero-order chi connectivity index (χ0) is 14.4. The van der Waals surface area contributed by atoms with Crippen LogP contribution in [0.25, 0.3) is 0 Å². The van der Waals surface area contributed by atoms with Crippen molar-refractivity contribution in [2.24, 2.45) is 4.99 Å². The molecule has 2 N–H and O–H groups in total. The van der Waals surface area contributed by atoms with E-state index in [-0.39, 0.29) is 24.0 Å². The largest absolute Gasteiger partial charge is 0.357 e. The fourth-order valence-electron chi connectivity index (χ4n) is 2.42. The Bertz CT molecular complexity index is 450. The molecule has 0 saturated heterocycles. The highest BCUT2D eigenvalue weighted by atomic mass is 127. The Balaban J connectivity index is 0.00000220. The lowest BCUT2D eigenvalue weighted by Crippen LogP contribution is -2.42. The summed E-state index contributed by atoms with van der Waals surface area (Å²) in [6.45, 7) is 5.73. The molecule has 0 bridgehead atoms. The van der Waals surface area contributed by atoms with Crippen molar-refractivity contribution < 1.29 is 0 Å². The third-order valence-electron chi connectivity index (χ3n) is 3.44. The van der Waals surface area contributed by atoms with Gasteiger partial charge in [-0.15, -0.1) is 35.3 Å². The summed E-state index contributed by atoms with van der Waals surface area (Å²) < 4.78 is 0. The van der Waals surface area contributed by atoms with Crippen LogP contribution in [0, 0.1) is 6.92 Å². The number of nitrogens with zero attached hydrogens (tertiary/aromatic N) is 2. The van der Waals surface area contributed by atoms with Crippen LogP contribution >= 0.6 is 47.1 Å². The van der Waals surface area contributed by atoms with Crippen LogP contribution in [0.5, 0.6) is 0 Å². The van der Waals surface area contributed by atoms with Gasteiger partial charge in [-0.05, 0) is 39.4 Å². The number of thiazole rings is 1. The van der Waals surface area contributed by atoms with Crippen molar-refractivity contribution >= 4 is 53.0 Å². The van der Waals surface area contributed by atoms with Gasteiger partial charge >= 0.3 is 0 Å². The number of halogens is 1. The molecule has 1 fully saturated rings. The zero-order valence-electron chi connectivity index (χ0n) is 12.9. The van der Waals surface area contributed by atoms with Gasteiger partial charge in [0.2, 0.25) is 0 Å². The topological polar surface area (TPSA) is 49.3 Å². The SMILES string of the molecule is CCNC(=NCc1ncc(C)s1)NC1CCC(SC)C1.I. The molecule has 0 aliphatic heterocycles. The third kappa shape index (κ3) is 6.32. The standard InChI is InChI=1S/C14H24N4S2.HI/c1-4-15-14(17-9-13-16-8-10(2)20-13)18-11-5-6-12(7-11)19-3;/h8,11-12H,4-7,9H2,1-3H3,(H2,15,17,18);1H. The third-order valence-corrected chi connectivity index (χ3v) is 5.44. The maximum atomic E-state index is 4.65. The first-order valence-corrected chi connectivity index (χ1v) is 9.30. The maximum Gasteiger partial charge on any atom is 0.191 e. The number of aryl methyl sites for hydroxylation is 1. The van der Waals surface area contributed by atoms with Crippen LogP contribution in [0.3, 0.4) is 0 Å². The Kier molecular flexibility index (Phi) is 8.96. The molecule has 1 aromatic rings. The number of rotatable bonds is 5. The second kappa shape index (κ2) is 9.89. The molecule has 0 spiro atoms. The minimum Gasteiger partial charge on any atom is -0.357 e. The lowest BCUT2D eigenvalue weighted by molar-refractivity contribution is 0.615. The molecule has 1 aliphatic rings. The number of hydrogen-bond donors (Lipinski definition) is 2. The Hall–Kier alpha value is -0.0200. The van der Waals surface area contributed by atoms with Gasteiger partial charge in [-0.3, -0.25) is 0 Å². The van der Waals surface area contributed by atoms with E-state index in [1.54, 1.807) is 11.3 Å². The lowest BCUT2D eigenvalue weighted by Gasteiger charge is -2.17. The van der Waals surface area contributed by atoms with Crippen molar-refractivity contribution in [3.05, 3.63) is 16.1 Å². The molecule has 7 heteroatoms. The highest BCUT2D eigenvalue weighted by Gasteiger charge is 2.24. The molecule has 0 radical (unpaired) electrons. The molecule has 4 nitrogen and oxygen atoms in total. The smallest absolute Gasteiger partial charge is 0.191 e. The first kappa shape index (κ1) is 19.0. The van der Waals surface area contributed by atoms with E-state index in [0.29, 0.717) is 12.6 Å². The molecule has 2 atom stereocenters. The molecule has 1 aromatic heterocycles. The summed E-state index contributed by atoms with van der Waals surface area (Å²) >= 11 is 3.70. The highest BCUT2D eigenvalue weighted by Crippen LogP contribution is 2.28. The first-order valence-electron chi connectivity index (χ1n) is 7.20. The van der Waals surface area contributed by atoms with Gasteiger partial charge in [-0.2, -0.15) is 11.8 Å². The van der Waals surface area contributed by atoms with Gasteiger partial charge in [-0.25, -0.2) is 9.98 Å². The second-order valence-corrected chi connectivity index (χ2v) is 7.53. The molecule has 0 amide bonds. The van der Waals surface area contributed by atoms with Gasteiger partial charge in [0, 0.05) is 28.9 Å². The summed E-state index contributed by atoms with van der Waals surface area (Å²) in [6.07, 6.45) is 7.91. The zero-order valence-corrected chi connectivity index (χ0v) is 16.9. The van der Waals surface area contributed by atoms with Crippen molar-refractivity contribution in [3.63, 3.8) is 0 Å². The van der Waals surface area contributed by atoms with Crippen LogP contribution in [0.4, 0.5) is 0 Å². The highest BCUT2D eigenvalue weighted by molar-refractivity contribution is 14.0. The van der Waals surface area contributed by atoms with E-state index in [4.69, 9.17) is 0 Å². The summed E-state index contributed by atoms with van der Waals surface area (Å²) in [5.41, 5.74) is 0. The van der Waals surface area contributed by atoms with E-state index in [2.05, 4.69) is 40.7 Å². The molecule has 21 heavy (non-hydrogen) atoms. The summed E-state index contributed by atoms with van der Waals surface area (Å²) in [7, 11) is 0. The molecule has 0 aromatic carbocycles. The van der Waals surface area contributed by atoms with Gasteiger partial charge in [0.15, 0.2) is 5.96 Å². The van der Waals surface area contributed by atoms with Crippen molar-refractivity contribution in [3.8, 4) is 0 Å². The minimum absolute atomic E-state index is 0. The maximum absolute atomic E-state index is 4.65. The van der Waals surface area contributed by atoms with E-state index in [1.807, 2.05) is 18.0 Å². The van der Waals surface area contributed by atoms with Gasteiger partial charge < -0.3 is 10.6 Å². The quantitative estimate of drug-likeness (QED) is 0.419. The number of nitrogens with one attached hydrogen (secondary N) is 2. The summed E-state index contributed by atoms with van der Waals surface area (Å²) in [5.74, 6) is 0.923. The molecule has 1 heterocycles. The Morgan fingerprint density at radius 1 is 1.52 bits per heavy atom. The van der Waals surface area contributed by atoms with Crippen LogP contribution < -0.4 is 10.6 Å². The molecule has 2 unspecified atom stereocenters. The van der Waals surface area contributed by atoms with Gasteiger partial charge in [0.05, 0.1) is 6.54 Å². The van der Waals surface area contributed by atoms with Crippen LogP contribution in [-0.2, 0) is 6.54 Å². The van der Waals surface area contributed by atoms with Crippen LogP contribution in [0.2, 0.25) is 0 Å². The molecule has 2 rings (SSSR count). The molecular formula is C14H25IN4S2. The van der Waals surface area contributed by atoms with Gasteiger partial charge in [-0.1, -0.05) is 0 Å². The van der Waals surface area contributed by atoms with Crippen molar-refractivity contribution in [2.75, 3.05) is 12.8 Å².